The smallest absolute Gasteiger partial charge is 0.303 e. The lowest BCUT2D eigenvalue weighted by Gasteiger charge is -2.72. The summed E-state index contributed by atoms with van der Waals surface area (Å²) >= 11 is 0. The molecule has 0 aromatic rings. The van der Waals surface area contributed by atoms with Crippen LogP contribution in [0.2, 0.25) is 0 Å². The van der Waals surface area contributed by atoms with Gasteiger partial charge in [0.05, 0.1) is 31.3 Å². The summed E-state index contributed by atoms with van der Waals surface area (Å²) in [5.41, 5.74) is 1.02. The number of fused-ring (bicyclic) bond motifs is 7. The molecule has 298 valence electrons. The number of ether oxygens (including phenoxy) is 1. The molecule has 0 bridgehead atoms. The summed E-state index contributed by atoms with van der Waals surface area (Å²) in [4.78, 5) is 25.3. The average molecular weight is 730 g/mol. The monoisotopic (exact) mass is 730 g/mol. The highest BCUT2D eigenvalue weighted by atomic mass is 16.5. The van der Waals surface area contributed by atoms with Crippen molar-refractivity contribution in [1.82, 2.24) is 5.32 Å². The van der Waals surface area contributed by atoms with Crippen molar-refractivity contribution in [3.05, 3.63) is 12.2 Å². The summed E-state index contributed by atoms with van der Waals surface area (Å²) in [6, 6.07) is 0. The summed E-state index contributed by atoms with van der Waals surface area (Å²) in [7, 11) is 0. The Morgan fingerprint density at radius 2 is 1.48 bits per heavy atom. The number of hydrogen-bond donors (Lipinski definition) is 5. The molecule has 52 heavy (non-hydrogen) atoms. The Morgan fingerprint density at radius 3 is 2.15 bits per heavy atom. The lowest BCUT2D eigenvalue weighted by atomic mass is 9.32. The maximum Gasteiger partial charge on any atom is 0.303 e. The maximum atomic E-state index is 14.6. The van der Waals surface area contributed by atoms with Gasteiger partial charge in [-0.3, -0.25) is 9.59 Å². The van der Waals surface area contributed by atoms with Crippen molar-refractivity contribution >= 4 is 11.9 Å². The van der Waals surface area contributed by atoms with Crippen LogP contribution in [0.5, 0.6) is 0 Å². The number of aliphatic hydroxyl groups excluding tert-OH is 3. The molecule has 0 radical (unpaired) electrons. The van der Waals surface area contributed by atoms with Gasteiger partial charge in [-0.15, -0.1) is 0 Å². The van der Waals surface area contributed by atoms with Gasteiger partial charge in [0.15, 0.2) is 0 Å². The minimum Gasteiger partial charge on any atom is -0.481 e. The summed E-state index contributed by atoms with van der Waals surface area (Å²) in [6.45, 7) is 17.8. The summed E-state index contributed by atoms with van der Waals surface area (Å²) in [5.74, 6) is 1.47. The Kier molecular flexibility index (Phi) is 13.4. The van der Waals surface area contributed by atoms with Crippen LogP contribution in [0.15, 0.2) is 12.2 Å². The number of hydrogen-bond acceptors (Lipinski definition) is 6. The molecule has 5 rings (SSSR count). The van der Waals surface area contributed by atoms with E-state index in [4.69, 9.17) is 9.84 Å². The van der Waals surface area contributed by atoms with Crippen molar-refractivity contribution in [3.63, 3.8) is 0 Å². The predicted octanol–water partition coefficient (Wildman–Crippen LogP) is 8.07. The molecular formula is C44H75NO7. The second-order valence-corrected chi connectivity index (χ2v) is 19.6. The Balaban J connectivity index is 1.29. The van der Waals surface area contributed by atoms with Crippen molar-refractivity contribution < 1.29 is 34.8 Å². The molecule has 1 amide bonds. The van der Waals surface area contributed by atoms with E-state index in [-0.39, 0.29) is 65.1 Å². The van der Waals surface area contributed by atoms with Gasteiger partial charge in [0.2, 0.25) is 5.91 Å². The number of carbonyl (C=O) groups is 2. The Labute approximate surface area is 315 Å². The van der Waals surface area contributed by atoms with Gasteiger partial charge in [0, 0.05) is 13.0 Å². The molecule has 5 fully saturated rings. The average Bonchev–Trinajstić information content (AvgIpc) is 3.50. The molecule has 0 aromatic heterocycles. The first kappa shape index (κ1) is 41.7. The molecule has 0 spiro atoms. The fourth-order valence-corrected chi connectivity index (χ4v) is 13.8. The van der Waals surface area contributed by atoms with Crippen molar-refractivity contribution in [3.8, 4) is 0 Å². The van der Waals surface area contributed by atoms with Gasteiger partial charge < -0.3 is 30.5 Å². The zero-order valence-corrected chi connectivity index (χ0v) is 33.5. The SMILES string of the molecule is C=C(COCC(O)CO)[C@@H]1CC[C@]2(C(=O)NCCCCCCCCCCC(=O)O)CC[C@]3(C)[C@H](CCC4[C@@]5(C)CC[C@H](O)C(C)(C)[C@@H]5CC[C@]43C)[C@@H]12. The number of carboxylic acids is 1. The fourth-order valence-electron chi connectivity index (χ4n) is 13.8. The molecule has 2 unspecified atom stereocenters. The third-order valence-electron chi connectivity index (χ3n) is 16.8. The minimum atomic E-state index is -0.902. The van der Waals surface area contributed by atoms with Crippen LogP contribution in [0.3, 0.4) is 0 Å². The largest absolute Gasteiger partial charge is 0.481 e. The molecule has 11 atom stereocenters. The van der Waals surface area contributed by atoms with Crippen LogP contribution in [0.1, 0.15) is 157 Å². The van der Waals surface area contributed by atoms with Crippen molar-refractivity contribution in [2.24, 2.45) is 56.7 Å². The van der Waals surface area contributed by atoms with E-state index in [0.717, 1.165) is 108 Å². The van der Waals surface area contributed by atoms with Crippen LogP contribution < -0.4 is 5.32 Å². The predicted molar refractivity (Wildman–Crippen MR) is 205 cm³/mol. The summed E-state index contributed by atoms with van der Waals surface area (Å²) < 4.78 is 5.90. The lowest BCUT2D eigenvalue weighted by Crippen LogP contribution is -2.67. The number of aliphatic carboxylic acids is 1. The second kappa shape index (κ2) is 16.7. The molecule has 0 aromatic carbocycles. The van der Waals surface area contributed by atoms with E-state index in [1.165, 1.54) is 12.8 Å². The van der Waals surface area contributed by atoms with Gasteiger partial charge in [-0.25, -0.2) is 0 Å². The van der Waals surface area contributed by atoms with Crippen molar-refractivity contribution in [2.75, 3.05) is 26.4 Å². The maximum absolute atomic E-state index is 14.6. The molecule has 0 heterocycles. The Morgan fingerprint density at radius 1 is 0.808 bits per heavy atom. The van der Waals surface area contributed by atoms with Crippen LogP contribution in [-0.2, 0) is 14.3 Å². The van der Waals surface area contributed by atoms with Crippen LogP contribution in [-0.4, -0.2) is 70.9 Å². The molecule has 5 aliphatic rings. The number of carbonyl (C=O) groups excluding carboxylic acids is 1. The zero-order chi connectivity index (χ0) is 38.0. The van der Waals surface area contributed by atoms with E-state index in [9.17, 15) is 24.9 Å². The molecule has 0 aliphatic heterocycles. The van der Waals surface area contributed by atoms with Crippen molar-refractivity contribution in [2.45, 2.75) is 169 Å². The summed E-state index contributed by atoms with van der Waals surface area (Å²) in [5, 5.41) is 42.7. The van der Waals surface area contributed by atoms with E-state index in [2.05, 4.69) is 46.5 Å². The van der Waals surface area contributed by atoms with E-state index < -0.39 is 17.5 Å². The van der Waals surface area contributed by atoms with Crippen molar-refractivity contribution in [1.29, 1.82) is 0 Å². The lowest BCUT2D eigenvalue weighted by molar-refractivity contribution is -0.246. The zero-order valence-electron chi connectivity index (χ0n) is 33.5. The van der Waals surface area contributed by atoms with Gasteiger partial charge in [-0.05, 0) is 134 Å². The van der Waals surface area contributed by atoms with E-state index in [0.29, 0.717) is 30.9 Å². The first-order valence-corrected chi connectivity index (χ1v) is 21.3. The standard InChI is InChI=1S/C44H75NO7/c1-30(28-52-29-31(47)27-46)32-18-23-44(39(51)45-26-14-12-10-8-7-9-11-13-15-37(49)50)25-24-42(5)33(38(32)44)16-17-35-41(4)21-20-36(48)40(2,3)34(41)19-22-43(35,42)6/h31-36,38,46-48H,1,7-29H2,2-6H3,(H,45,51)(H,49,50)/t31?,32-,33+,34-,35?,36-,38+,41-,42+,43+,44-/m0/s1. The number of aliphatic hydroxyl groups is 3. The molecule has 5 aliphatic carbocycles. The van der Waals surface area contributed by atoms with Crippen LogP contribution in [0, 0.1) is 56.7 Å². The van der Waals surface area contributed by atoms with Gasteiger partial charge in [0.25, 0.3) is 0 Å². The highest BCUT2D eigenvalue weighted by molar-refractivity contribution is 5.84. The van der Waals surface area contributed by atoms with E-state index in [1.807, 2.05) is 0 Å². The number of unbranched alkanes of at least 4 members (excludes halogenated alkanes) is 7. The number of carboxylic acid groups (broad SMARTS) is 1. The normalized spacial score (nSPS) is 39.8. The number of rotatable bonds is 18. The van der Waals surface area contributed by atoms with E-state index in [1.54, 1.807) is 0 Å². The second-order valence-electron chi connectivity index (χ2n) is 19.6. The Bertz CT molecular complexity index is 1250. The van der Waals surface area contributed by atoms with Crippen LogP contribution in [0.25, 0.3) is 0 Å². The highest BCUT2D eigenvalue weighted by Gasteiger charge is 2.72. The topological polar surface area (TPSA) is 136 Å². The fraction of sp³-hybridized carbons (Fsp3) is 0.909. The Hall–Kier alpha value is -1.48. The van der Waals surface area contributed by atoms with Gasteiger partial charge in [-0.2, -0.15) is 0 Å². The van der Waals surface area contributed by atoms with Gasteiger partial charge >= 0.3 is 5.97 Å². The van der Waals surface area contributed by atoms with Crippen LogP contribution in [0.4, 0.5) is 0 Å². The molecule has 0 saturated heterocycles. The number of amides is 1. The van der Waals surface area contributed by atoms with Gasteiger partial charge in [0.1, 0.15) is 6.10 Å². The minimum absolute atomic E-state index is 0.0763. The number of nitrogens with one attached hydrogen (secondary N) is 1. The first-order chi connectivity index (χ1) is 24.6. The molecule has 8 nitrogen and oxygen atoms in total. The third-order valence-corrected chi connectivity index (χ3v) is 16.8. The molecular weight excluding hydrogens is 654 g/mol. The quantitative estimate of drug-likeness (QED) is 0.0711. The molecule has 5 saturated carbocycles. The highest BCUT2D eigenvalue weighted by Crippen LogP contribution is 2.77. The molecule has 8 heteroatoms. The van der Waals surface area contributed by atoms with Crippen LogP contribution >= 0.6 is 0 Å². The first-order valence-electron chi connectivity index (χ1n) is 21.3. The van der Waals surface area contributed by atoms with E-state index >= 15 is 0 Å². The van der Waals surface area contributed by atoms with Gasteiger partial charge in [-0.1, -0.05) is 79.7 Å². The molecule has 5 N–H and O–H groups in total. The third kappa shape index (κ3) is 7.67. The summed E-state index contributed by atoms with van der Waals surface area (Å²) in [6.07, 6.45) is 18.0.